The van der Waals surface area contributed by atoms with Crippen LogP contribution in [0.3, 0.4) is 0 Å². The third-order valence-electron chi connectivity index (χ3n) is 4.11. The van der Waals surface area contributed by atoms with Gasteiger partial charge in [0.1, 0.15) is 22.6 Å². The highest BCUT2D eigenvalue weighted by atomic mass is 32.1. The number of carbonyl (C=O) groups is 1. The van der Waals surface area contributed by atoms with E-state index in [2.05, 4.69) is 10.6 Å². The van der Waals surface area contributed by atoms with Gasteiger partial charge in [0.05, 0.1) is 38.5 Å². The summed E-state index contributed by atoms with van der Waals surface area (Å²) in [5.41, 5.74) is 0.767. The van der Waals surface area contributed by atoms with Crippen molar-refractivity contribution in [1.82, 2.24) is 5.32 Å². The summed E-state index contributed by atoms with van der Waals surface area (Å²) in [4.78, 5) is 22.9. The van der Waals surface area contributed by atoms with Crippen LogP contribution in [0.15, 0.2) is 34.7 Å². The Morgan fingerprint density at radius 1 is 1.35 bits per heavy atom. The molecule has 0 bridgehead atoms. The lowest BCUT2D eigenvalue weighted by molar-refractivity contribution is -0.402. The number of benzene rings is 1. The number of ether oxygens (including phenoxy) is 2. The smallest absolute Gasteiger partial charge is 0.433 e. The summed E-state index contributed by atoms with van der Waals surface area (Å²) < 4.78 is 29.8. The number of nitrogens with zero attached hydrogens (tertiary/aromatic N) is 2. The van der Waals surface area contributed by atoms with Crippen LogP contribution < -0.4 is 15.5 Å². The number of hydrogen-bond donors (Lipinski definition) is 2. The Morgan fingerprint density at radius 2 is 2.10 bits per heavy atom. The van der Waals surface area contributed by atoms with Gasteiger partial charge in [-0.25, -0.2) is 4.39 Å². The predicted molar refractivity (Wildman–Crippen MR) is 116 cm³/mol. The molecule has 0 spiro atoms. The van der Waals surface area contributed by atoms with Crippen LogP contribution in [0, 0.1) is 15.9 Å². The van der Waals surface area contributed by atoms with Gasteiger partial charge in [0.15, 0.2) is 0 Å². The van der Waals surface area contributed by atoms with Crippen molar-refractivity contribution in [2.24, 2.45) is 0 Å². The lowest BCUT2D eigenvalue weighted by Gasteiger charge is -2.21. The fourth-order valence-corrected chi connectivity index (χ4v) is 2.77. The third-order valence-corrected chi connectivity index (χ3v) is 4.42. The molecule has 1 heterocycles. The average molecular weight is 454 g/mol. The van der Waals surface area contributed by atoms with Gasteiger partial charge in [-0.1, -0.05) is 0 Å². The second-order valence-corrected chi connectivity index (χ2v) is 6.87. The number of nitrogens with one attached hydrogen (secondary N) is 2. The van der Waals surface area contributed by atoms with Crippen molar-refractivity contribution in [3.63, 3.8) is 0 Å². The number of nitro groups is 1. The molecule has 0 aliphatic carbocycles. The number of anilines is 2. The second-order valence-electron chi connectivity index (χ2n) is 6.50. The first-order chi connectivity index (χ1) is 14.7. The maximum Gasteiger partial charge on any atom is 0.433 e. The molecule has 10 nitrogen and oxygen atoms in total. The van der Waals surface area contributed by atoms with Crippen LogP contribution in [-0.2, 0) is 20.8 Å². The van der Waals surface area contributed by atoms with E-state index in [9.17, 15) is 19.3 Å². The number of furan rings is 1. The van der Waals surface area contributed by atoms with Crippen molar-refractivity contribution in [3.8, 4) is 0 Å². The maximum absolute atomic E-state index is 14.6. The molecule has 31 heavy (non-hydrogen) atoms. The number of carbonyl (C=O) groups excluding carboxylic acids is 1. The Hall–Kier alpha value is -3.41. The minimum Gasteiger partial charge on any atom is -0.474 e. The van der Waals surface area contributed by atoms with Crippen LogP contribution >= 0.6 is 12.2 Å². The number of esters is 1. The largest absolute Gasteiger partial charge is 0.474 e. The molecule has 0 saturated carbocycles. The molecule has 0 amide bonds. The summed E-state index contributed by atoms with van der Waals surface area (Å²) in [5, 5.41) is 16.7. The normalized spacial score (nSPS) is 11.4. The fourth-order valence-electron chi connectivity index (χ4n) is 2.69. The number of halogens is 1. The van der Waals surface area contributed by atoms with Gasteiger partial charge in [-0.2, -0.15) is 0 Å². The standard InChI is InChI=1S/C19H23FN4O6S/c1-12(25)29-15(10-22-19(31)28-3)9-21-13-4-6-17(16(20)8-13)23(2)11-14-5-7-18(30-14)24(26)27/h4-8,15,21H,9-11H2,1-3H3,(H,22,31)/t15-/m1/s1. The van der Waals surface area contributed by atoms with E-state index in [4.69, 9.17) is 26.1 Å². The van der Waals surface area contributed by atoms with E-state index in [0.717, 1.165) is 0 Å². The predicted octanol–water partition coefficient (Wildman–Crippen LogP) is 2.83. The summed E-state index contributed by atoms with van der Waals surface area (Å²) in [7, 11) is 3.06. The van der Waals surface area contributed by atoms with Crippen molar-refractivity contribution in [2.75, 3.05) is 37.5 Å². The fraction of sp³-hybridized carbons (Fsp3) is 0.368. The van der Waals surface area contributed by atoms with Gasteiger partial charge in [0, 0.05) is 19.7 Å². The Kier molecular flexibility index (Phi) is 8.55. The number of thiocarbonyl (C=S) groups is 1. The first kappa shape index (κ1) is 23.9. The molecular weight excluding hydrogens is 431 g/mol. The monoisotopic (exact) mass is 454 g/mol. The zero-order chi connectivity index (χ0) is 23.0. The van der Waals surface area contributed by atoms with Crippen molar-refractivity contribution in [2.45, 2.75) is 19.6 Å². The summed E-state index contributed by atoms with van der Waals surface area (Å²) in [6.45, 7) is 1.87. The first-order valence-electron chi connectivity index (χ1n) is 9.16. The molecule has 12 heteroatoms. The summed E-state index contributed by atoms with van der Waals surface area (Å²) in [6.07, 6.45) is -0.564. The van der Waals surface area contributed by atoms with E-state index in [1.165, 1.54) is 32.2 Å². The van der Waals surface area contributed by atoms with Crippen LogP contribution in [0.2, 0.25) is 0 Å². The molecule has 1 aromatic carbocycles. The SMILES string of the molecule is COC(=S)NC[C@@H](CNc1ccc(N(C)Cc2ccc([N+](=O)[O-])o2)c(F)c1)OC(C)=O. The molecule has 0 saturated heterocycles. The van der Waals surface area contributed by atoms with Crippen LogP contribution in [0.1, 0.15) is 12.7 Å². The van der Waals surface area contributed by atoms with E-state index < -0.39 is 22.8 Å². The molecule has 0 aliphatic rings. The molecule has 1 atom stereocenters. The molecule has 168 valence electrons. The van der Waals surface area contributed by atoms with Crippen molar-refractivity contribution in [1.29, 1.82) is 0 Å². The Morgan fingerprint density at radius 3 is 2.68 bits per heavy atom. The van der Waals surface area contributed by atoms with Gasteiger partial charge in [0.2, 0.25) is 0 Å². The maximum atomic E-state index is 14.6. The molecule has 2 aromatic rings. The Balaban J connectivity index is 1.98. The Bertz CT molecular complexity index is 938. The highest BCUT2D eigenvalue weighted by Crippen LogP contribution is 2.25. The van der Waals surface area contributed by atoms with E-state index in [1.807, 2.05) is 0 Å². The van der Waals surface area contributed by atoms with Gasteiger partial charge in [-0.05, 0) is 36.5 Å². The number of methoxy groups -OCH3 is 1. The minimum absolute atomic E-state index is 0.150. The van der Waals surface area contributed by atoms with E-state index in [-0.39, 0.29) is 36.4 Å². The zero-order valence-corrected chi connectivity index (χ0v) is 18.0. The number of rotatable bonds is 10. The van der Waals surface area contributed by atoms with Crippen LogP contribution in [-0.4, -0.2) is 49.4 Å². The molecule has 2 rings (SSSR count). The molecule has 0 radical (unpaired) electrons. The third kappa shape index (κ3) is 7.41. The van der Waals surface area contributed by atoms with E-state index in [0.29, 0.717) is 11.4 Å². The minimum atomic E-state index is -0.633. The van der Waals surface area contributed by atoms with E-state index >= 15 is 0 Å². The van der Waals surface area contributed by atoms with Gasteiger partial charge < -0.3 is 29.4 Å². The molecule has 1 aromatic heterocycles. The average Bonchev–Trinajstić information content (AvgIpc) is 3.18. The van der Waals surface area contributed by atoms with Crippen molar-refractivity contribution >= 4 is 40.6 Å². The summed E-state index contributed by atoms with van der Waals surface area (Å²) in [6, 6.07) is 7.25. The van der Waals surface area contributed by atoms with Gasteiger partial charge >= 0.3 is 11.9 Å². The molecule has 0 aliphatic heterocycles. The summed E-state index contributed by atoms with van der Waals surface area (Å²) >= 11 is 4.89. The zero-order valence-electron chi connectivity index (χ0n) is 17.2. The Labute approximate surface area is 183 Å². The summed E-state index contributed by atoms with van der Waals surface area (Å²) in [5.74, 6) is -0.998. The molecule has 0 unspecified atom stereocenters. The van der Waals surface area contributed by atoms with Crippen LogP contribution in [0.4, 0.5) is 21.6 Å². The first-order valence-corrected chi connectivity index (χ1v) is 9.57. The van der Waals surface area contributed by atoms with Gasteiger partial charge in [-0.3, -0.25) is 14.9 Å². The molecular formula is C19H23FN4O6S. The molecule has 0 fully saturated rings. The lowest BCUT2D eigenvalue weighted by atomic mass is 10.2. The highest BCUT2D eigenvalue weighted by Gasteiger charge is 2.16. The topological polar surface area (TPSA) is 119 Å². The van der Waals surface area contributed by atoms with Gasteiger partial charge in [0.25, 0.3) is 5.17 Å². The highest BCUT2D eigenvalue weighted by molar-refractivity contribution is 7.80. The van der Waals surface area contributed by atoms with Gasteiger partial charge in [-0.15, -0.1) is 0 Å². The van der Waals surface area contributed by atoms with Crippen LogP contribution in [0.25, 0.3) is 0 Å². The second kappa shape index (κ2) is 11.1. The lowest BCUT2D eigenvalue weighted by Crippen LogP contribution is -2.38. The molecule has 2 N–H and O–H groups in total. The van der Waals surface area contributed by atoms with Crippen LogP contribution in [0.5, 0.6) is 0 Å². The van der Waals surface area contributed by atoms with Crippen molar-refractivity contribution < 1.29 is 28.0 Å². The van der Waals surface area contributed by atoms with E-state index in [1.54, 1.807) is 24.1 Å². The quantitative estimate of drug-likeness (QED) is 0.240. The van der Waals surface area contributed by atoms with Crippen molar-refractivity contribution in [3.05, 3.63) is 52.0 Å². The number of hydrogen-bond acceptors (Lipinski definition) is 9.